The van der Waals surface area contributed by atoms with Crippen LogP contribution in [0.2, 0.25) is 0 Å². The number of aromatic nitrogens is 2. The van der Waals surface area contributed by atoms with E-state index >= 15 is 0 Å². The molecular weight excluding hydrogens is 420 g/mol. The molecule has 0 radical (unpaired) electrons. The minimum absolute atomic E-state index is 0.229. The number of piperazine rings is 1. The number of fused-ring (bicyclic) bond motifs is 1. The maximum Gasteiger partial charge on any atom is 0.163 e. The van der Waals surface area contributed by atoms with E-state index < -0.39 is 6.10 Å². The molecule has 3 aliphatic heterocycles. The van der Waals surface area contributed by atoms with Gasteiger partial charge >= 0.3 is 0 Å². The van der Waals surface area contributed by atoms with Crippen LogP contribution in [0.15, 0.2) is 30.3 Å². The summed E-state index contributed by atoms with van der Waals surface area (Å²) in [6.45, 7) is 4.29. The number of anilines is 2. The first-order valence-corrected chi connectivity index (χ1v) is 11.9. The molecule has 3 saturated heterocycles. The summed E-state index contributed by atoms with van der Waals surface area (Å²) in [5.74, 6) is 3.31. The summed E-state index contributed by atoms with van der Waals surface area (Å²) >= 11 is 0. The summed E-state index contributed by atoms with van der Waals surface area (Å²) in [7, 11) is 3.93. The van der Waals surface area contributed by atoms with E-state index in [0.29, 0.717) is 36.2 Å². The summed E-state index contributed by atoms with van der Waals surface area (Å²) in [5.41, 5.74) is 0.905. The molecule has 3 atom stereocenters. The second kappa shape index (κ2) is 9.80. The van der Waals surface area contributed by atoms with Gasteiger partial charge < -0.3 is 35.0 Å². The highest BCUT2D eigenvalue weighted by Gasteiger charge is 2.46. The molecule has 3 fully saturated rings. The van der Waals surface area contributed by atoms with Gasteiger partial charge in [0.1, 0.15) is 30.1 Å². The predicted octanol–water partition coefficient (Wildman–Crippen LogP) is 0.878. The molecule has 0 amide bonds. The molecule has 2 aromatic rings. The lowest BCUT2D eigenvalue weighted by molar-refractivity contribution is 0.0853. The van der Waals surface area contributed by atoms with Crippen LogP contribution in [-0.2, 0) is 4.74 Å². The quantitative estimate of drug-likeness (QED) is 0.510. The molecular formula is C24H34N6O3. The minimum Gasteiger partial charge on any atom is -0.491 e. The third kappa shape index (κ3) is 4.77. The number of benzene rings is 1. The monoisotopic (exact) mass is 454 g/mol. The van der Waals surface area contributed by atoms with Gasteiger partial charge in [-0.2, -0.15) is 0 Å². The number of nitrogens with zero attached hydrogens (tertiary/aromatic N) is 4. The summed E-state index contributed by atoms with van der Waals surface area (Å²) in [6, 6.07) is 11.5. The Kier molecular flexibility index (Phi) is 6.64. The maximum atomic E-state index is 9.96. The van der Waals surface area contributed by atoms with Crippen molar-refractivity contribution in [3.8, 4) is 17.1 Å². The number of hydrogen-bond donors (Lipinski definition) is 3. The van der Waals surface area contributed by atoms with Crippen LogP contribution in [0, 0.1) is 0 Å². The summed E-state index contributed by atoms with van der Waals surface area (Å²) in [6.07, 6.45) is 1.44. The van der Waals surface area contributed by atoms with Crippen molar-refractivity contribution in [3.63, 3.8) is 0 Å². The summed E-state index contributed by atoms with van der Waals surface area (Å²) in [5, 5.41) is 16.4. The number of aliphatic hydroxyl groups excluding tert-OH is 1. The van der Waals surface area contributed by atoms with E-state index in [9.17, 15) is 5.11 Å². The first-order chi connectivity index (χ1) is 16.1. The molecule has 4 heterocycles. The lowest BCUT2D eigenvalue weighted by Crippen LogP contribution is -2.78. The van der Waals surface area contributed by atoms with Crippen molar-refractivity contribution in [1.82, 2.24) is 20.6 Å². The van der Waals surface area contributed by atoms with Gasteiger partial charge in [-0.1, -0.05) is 12.1 Å². The van der Waals surface area contributed by atoms with Gasteiger partial charge in [0.15, 0.2) is 5.82 Å². The Balaban J connectivity index is 1.42. The minimum atomic E-state index is -0.562. The van der Waals surface area contributed by atoms with Crippen LogP contribution in [-0.4, -0.2) is 92.9 Å². The van der Waals surface area contributed by atoms with Crippen LogP contribution >= 0.6 is 0 Å². The van der Waals surface area contributed by atoms with Crippen molar-refractivity contribution in [2.45, 2.75) is 37.1 Å². The average molecular weight is 455 g/mol. The smallest absolute Gasteiger partial charge is 0.163 e. The molecule has 0 saturated carbocycles. The first-order valence-electron chi connectivity index (χ1n) is 11.9. The third-order valence-corrected chi connectivity index (χ3v) is 6.92. The molecule has 0 bridgehead atoms. The third-order valence-electron chi connectivity index (χ3n) is 6.92. The molecule has 1 aromatic heterocycles. The Bertz CT molecular complexity index is 954. The lowest BCUT2D eigenvalue weighted by Gasteiger charge is -2.56. The molecule has 33 heavy (non-hydrogen) atoms. The number of hydrogen-bond acceptors (Lipinski definition) is 9. The molecule has 0 spiro atoms. The van der Waals surface area contributed by atoms with Crippen molar-refractivity contribution < 1.29 is 14.6 Å². The fourth-order valence-electron chi connectivity index (χ4n) is 4.73. The molecule has 9 heteroatoms. The van der Waals surface area contributed by atoms with Crippen molar-refractivity contribution in [1.29, 1.82) is 0 Å². The van der Waals surface area contributed by atoms with Gasteiger partial charge in [-0.25, -0.2) is 9.97 Å². The number of ether oxygens (including phenoxy) is 2. The highest BCUT2D eigenvalue weighted by Crippen LogP contribution is 2.34. The molecule has 3 N–H and O–H groups in total. The highest BCUT2D eigenvalue weighted by atomic mass is 16.5. The van der Waals surface area contributed by atoms with Gasteiger partial charge in [0.05, 0.1) is 6.04 Å². The van der Waals surface area contributed by atoms with E-state index in [4.69, 9.17) is 19.4 Å². The van der Waals surface area contributed by atoms with Gasteiger partial charge in [0.2, 0.25) is 0 Å². The standard InChI is InChI=1S/C24H34N6O3/c1-25-12-18(31)15-33-19-5-3-4-16(10-19)24-27-22(29(2)17-6-8-32-9-7-17)11-23(28-24)30-14-20-21(30)13-26-20/h3-5,10-11,17-18,20-21,25-26,31H,6-9,12-15H2,1-2H3/t18?,20-,21?/m0/s1. The van der Waals surface area contributed by atoms with Crippen molar-refractivity contribution in [3.05, 3.63) is 30.3 Å². The number of aliphatic hydroxyl groups is 1. The topological polar surface area (TPSA) is 95.0 Å². The van der Waals surface area contributed by atoms with Crippen LogP contribution in [0.25, 0.3) is 11.4 Å². The zero-order valence-electron chi connectivity index (χ0n) is 19.4. The molecule has 9 nitrogen and oxygen atoms in total. The van der Waals surface area contributed by atoms with Crippen LogP contribution in [0.1, 0.15) is 12.8 Å². The van der Waals surface area contributed by atoms with Gasteiger partial charge in [-0.05, 0) is 32.0 Å². The zero-order valence-corrected chi connectivity index (χ0v) is 19.4. The zero-order chi connectivity index (χ0) is 22.8. The van der Waals surface area contributed by atoms with Crippen molar-refractivity contribution in [2.24, 2.45) is 0 Å². The van der Waals surface area contributed by atoms with Gasteiger partial charge in [0, 0.05) is 63.6 Å². The first kappa shape index (κ1) is 22.3. The Morgan fingerprint density at radius 2 is 2.15 bits per heavy atom. The second-order valence-corrected chi connectivity index (χ2v) is 9.15. The summed E-state index contributed by atoms with van der Waals surface area (Å²) in [4.78, 5) is 14.6. The van der Waals surface area contributed by atoms with Crippen LogP contribution in [0.5, 0.6) is 5.75 Å². The van der Waals surface area contributed by atoms with E-state index in [-0.39, 0.29) is 6.61 Å². The fourth-order valence-corrected chi connectivity index (χ4v) is 4.73. The van der Waals surface area contributed by atoms with Crippen molar-refractivity contribution in [2.75, 3.05) is 63.4 Å². The highest BCUT2D eigenvalue weighted by molar-refractivity contribution is 5.65. The van der Waals surface area contributed by atoms with E-state index in [1.54, 1.807) is 0 Å². The van der Waals surface area contributed by atoms with E-state index in [2.05, 4.69) is 33.5 Å². The maximum absolute atomic E-state index is 9.96. The molecule has 1 aromatic carbocycles. The Morgan fingerprint density at radius 3 is 2.85 bits per heavy atom. The van der Waals surface area contributed by atoms with Crippen LogP contribution < -0.4 is 25.2 Å². The number of likely N-dealkylation sites (N-methyl/N-ethyl adjacent to an activating group) is 1. The number of nitrogens with one attached hydrogen (secondary N) is 2. The van der Waals surface area contributed by atoms with E-state index in [1.165, 1.54) is 0 Å². The van der Waals surface area contributed by atoms with E-state index in [1.807, 2.05) is 31.3 Å². The largest absolute Gasteiger partial charge is 0.491 e. The molecule has 3 aliphatic rings. The van der Waals surface area contributed by atoms with Crippen LogP contribution in [0.3, 0.4) is 0 Å². The van der Waals surface area contributed by atoms with Crippen molar-refractivity contribution >= 4 is 11.6 Å². The lowest BCUT2D eigenvalue weighted by atomic mass is 9.89. The van der Waals surface area contributed by atoms with E-state index in [0.717, 1.165) is 56.3 Å². The van der Waals surface area contributed by atoms with Crippen LogP contribution in [0.4, 0.5) is 11.6 Å². The fraction of sp³-hybridized carbons (Fsp3) is 0.583. The molecule has 178 valence electrons. The second-order valence-electron chi connectivity index (χ2n) is 9.15. The molecule has 2 unspecified atom stereocenters. The number of rotatable bonds is 9. The van der Waals surface area contributed by atoms with Gasteiger partial charge in [-0.3, -0.25) is 0 Å². The van der Waals surface area contributed by atoms with Gasteiger partial charge in [-0.15, -0.1) is 0 Å². The van der Waals surface area contributed by atoms with Gasteiger partial charge in [0.25, 0.3) is 0 Å². The predicted molar refractivity (Wildman–Crippen MR) is 128 cm³/mol. The Hall–Kier alpha value is -2.46. The Morgan fingerprint density at radius 1 is 1.30 bits per heavy atom. The average Bonchev–Trinajstić information content (AvgIpc) is 2.84. The molecule has 5 rings (SSSR count). The normalized spacial score (nSPS) is 23.3. The summed E-state index contributed by atoms with van der Waals surface area (Å²) < 4.78 is 11.4. The SMILES string of the molecule is CNCC(O)COc1cccc(-c2nc(N(C)C3CCOCC3)cc(N3C[C@@H]4NCC43)n2)c1. The molecule has 0 aliphatic carbocycles. The Labute approximate surface area is 195 Å².